The summed E-state index contributed by atoms with van der Waals surface area (Å²) in [6.45, 7) is 16.7. The number of para-hydroxylation sites is 3. The fourth-order valence-corrected chi connectivity index (χ4v) is 14.3. The Hall–Kier alpha value is -8.60. The van der Waals surface area contributed by atoms with Crippen LogP contribution in [0.4, 0.5) is 17.1 Å². The number of aryl methyl sites for hydroxylation is 1. The molecule has 13 aromatic rings. The van der Waals surface area contributed by atoms with Crippen molar-refractivity contribution in [2.45, 2.75) is 64.7 Å². The van der Waals surface area contributed by atoms with Gasteiger partial charge in [-0.15, -0.1) is 0 Å². The maximum Gasteiger partial charge on any atom is 0.144 e. The first kappa shape index (κ1) is 42.0. The summed E-state index contributed by atoms with van der Waals surface area (Å²) >= 11 is 0. The van der Waals surface area contributed by atoms with Gasteiger partial charge in [-0.1, -0.05) is 157 Å². The number of furan rings is 3. The molecule has 0 amide bonds. The number of nitrogens with zero attached hydrogens (tertiary/aromatic N) is 1. The molecule has 0 saturated heterocycles. The molecule has 0 fully saturated rings. The monoisotopic (exact) mass is 953 g/mol. The van der Waals surface area contributed by atoms with Crippen LogP contribution in [0.1, 0.15) is 80.5 Å². The third-order valence-electron chi connectivity index (χ3n) is 17.7. The van der Waals surface area contributed by atoms with E-state index in [0.717, 1.165) is 72.3 Å². The van der Waals surface area contributed by atoms with Gasteiger partial charge in [-0.3, -0.25) is 0 Å². The maximum absolute atomic E-state index is 7.08. The minimum atomic E-state index is -0.374. The normalized spacial score (nSPS) is 15.3. The molecule has 16 rings (SSSR count). The first-order valence-corrected chi connectivity index (χ1v) is 26.1. The summed E-state index contributed by atoms with van der Waals surface area (Å²) in [4.78, 5) is 2.45. The lowest BCUT2D eigenvalue weighted by molar-refractivity contribution is 0.600. The summed E-state index contributed by atoms with van der Waals surface area (Å²) in [6, 6.07) is 66.7. The Balaban J connectivity index is 0.934. The van der Waals surface area contributed by atoms with Gasteiger partial charge in [-0.25, -0.2) is 0 Å². The predicted molar refractivity (Wildman–Crippen MR) is 306 cm³/mol. The van der Waals surface area contributed by atoms with Crippen molar-refractivity contribution in [2.24, 2.45) is 0 Å². The number of anilines is 3. The molecule has 0 bridgehead atoms. The summed E-state index contributed by atoms with van der Waals surface area (Å²) in [5.74, 6) is 0. The largest absolute Gasteiger partial charge is 0.456 e. The first-order valence-electron chi connectivity index (χ1n) is 26.1. The molecule has 0 N–H and O–H groups in total. The summed E-state index contributed by atoms with van der Waals surface area (Å²) in [7, 11) is 0. The molecule has 0 atom stereocenters. The topological polar surface area (TPSA) is 42.7 Å². The summed E-state index contributed by atoms with van der Waals surface area (Å²) in [5, 5.41) is 6.93. The van der Waals surface area contributed by atoms with E-state index in [9.17, 15) is 0 Å². The van der Waals surface area contributed by atoms with E-state index < -0.39 is 0 Å². The third kappa shape index (κ3) is 5.22. The van der Waals surface area contributed by atoms with Crippen LogP contribution in [-0.2, 0) is 16.2 Å². The lowest BCUT2D eigenvalue weighted by atomic mass is 9.72. The quantitative estimate of drug-likeness (QED) is 0.176. The van der Waals surface area contributed by atoms with Gasteiger partial charge in [0, 0.05) is 82.8 Å². The SMILES string of the molecule is Cc1ccccc1-c1cc2c(c3c1oc1ccccc13)-c1ccc(N(c3ccc4c(c3)C(C)(C)c3c5c(c6c(oc7ccccc76)c3-4)-c3ccccc3C5(C)C)c3ccc4c(c3)oc3ccccc34)cc1C2(C)C. The van der Waals surface area contributed by atoms with Crippen molar-refractivity contribution in [2.75, 3.05) is 4.90 Å². The zero-order valence-electron chi connectivity index (χ0n) is 42.5. The molecule has 0 radical (unpaired) electrons. The van der Waals surface area contributed by atoms with Gasteiger partial charge in [-0.05, 0) is 140 Å². The molecular formula is C70H51NO3. The van der Waals surface area contributed by atoms with Crippen molar-refractivity contribution in [3.8, 4) is 44.5 Å². The van der Waals surface area contributed by atoms with Crippen molar-refractivity contribution in [3.63, 3.8) is 0 Å². The number of rotatable bonds is 4. The summed E-state index contributed by atoms with van der Waals surface area (Å²) in [5.41, 5.74) is 26.9. The van der Waals surface area contributed by atoms with Gasteiger partial charge in [0.15, 0.2) is 0 Å². The minimum Gasteiger partial charge on any atom is -0.456 e. The zero-order chi connectivity index (χ0) is 49.7. The van der Waals surface area contributed by atoms with Crippen molar-refractivity contribution in [1.29, 1.82) is 0 Å². The Morgan fingerprint density at radius 3 is 1.51 bits per heavy atom. The molecule has 10 aromatic carbocycles. The van der Waals surface area contributed by atoms with E-state index in [1.165, 1.54) is 94.0 Å². The molecule has 3 heterocycles. The fraction of sp³-hybridized carbons (Fsp3) is 0.143. The predicted octanol–water partition coefficient (Wildman–Crippen LogP) is 19.7. The van der Waals surface area contributed by atoms with Gasteiger partial charge >= 0.3 is 0 Å². The molecule has 3 aromatic heterocycles. The second kappa shape index (κ2) is 14.1. The molecule has 0 unspecified atom stereocenters. The van der Waals surface area contributed by atoms with E-state index in [1.807, 2.05) is 6.07 Å². The Morgan fingerprint density at radius 1 is 0.324 bits per heavy atom. The van der Waals surface area contributed by atoms with E-state index in [2.05, 4.69) is 229 Å². The highest BCUT2D eigenvalue weighted by atomic mass is 16.3. The van der Waals surface area contributed by atoms with Crippen LogP contribution < -0.4 is 4.90 Å². The van der Waals surface area contributed by atoms with Crippen molar-refractivity contribution >= 4 is 82.9 Å². The number of hydrogen-bond acceptors (Lipinski definition) is 4. The summed E-state index contributed by atoms with van der Waals surface area (Å²) in [6.07, 6.45) is 0. The van der Waals surface area contributed by atoms with Gasteiger partial charge in [-0.2, -0.15) is 0 Å². The molecule has 4 heteroatoms. The van der Waals surface area contributed by atoms with Crippen LogP contribution in [0.5, 0.6) is 0 Å². The van der Waals surface area contributed by atoms with Crippen LogP contribution in [0.25, 0.3) is 110 Å². The van der Waals surface area contributed by atoms with Gasteiger partial charge < -0.3 is 18.2 Å². The van der Waals surface area contributed by atoms with E-state index in [4.69, 9.17) is 13.3 Å². The zero-order valence-corrected chi connectivity index (χ0v) is 42.5. The van der Waals surface area contributed by atoms with Crippen LogP contribution in [0.3, 0.4) is 0 Å². The Kier molecular flexibility index (Phi) is 8.01. The minimum absolute atomic E-state index is 0.234. The number of hydrogen-bond donors (Lipinski definition) is 0. The van der Waals surface area contributed by atoms with Gasteiger partial charge in [0.1, 0.15) is 33.5 Å². The molecule has 4 nitrogen and oxygen atoms in total. The highest BCUT2D eigenvalue weighted by molar-refractivity contribution is 6.22. The maximum atomic E-state index is 7.08. The van der Waals surface area contributed by atoms with E-state index in [-0.39, 0.29) is 16.2 Å². The lowest BCUT2D eigenvalue weighted by Gasteiger charge is -2.32. The smallest absolute Gasteiger partial charge is 0.144 e. The van der Waals surface area contributed by atoms with Crippen molar-refractivity contribution < 1.29 is 13.3 Å². The highest BCUT2D eigenvalue weighted by Gasteiger charge is 2.49. The average Bonchev–Trinajstić information content (AvgIpc) is 4.26. The second-order valence-corrected chi connectivity index (χ2v) is 22.8. The van der Waals surface area contributed by atoms with Gasteiger partial charge in [0.2, 0.25) is 0 Å². The molecular weight excluding hydrogens is 903 g/mol. The van der Waals surface area contributed by atoms with Crippen LogP contribution in [0, 0.1) is 6.92 Å². The molecule has 0 aliphatic heterocycles. The van der Waals surface area contributed by atoms with Crippen LogP contribution in [0.15, 0.2) is 195 Å². The standard InChI is InChI=1S/C70H51NO3/c1-38-18-8-9-19-42(38)50-37-54-59(61-48-22-12-16-26-56(48)73-66(50)61)46-32-29-39(34-52(46)68(54,2)3)71(41-28-31-44-43-20-11-15-25-55(43)72-58(44)36-41)40-30-33-47-53(35-40)70(6,7)65-63(47)67-62(49-23-13-17-27-57(49)74-67)60-45-21-10-14-24-51(45)69(4,5)64(60)65/h8-37H,1-7H3. The third-order valence-corrected chi connectivity index (χ3v) is 17.7. The Morgan fingerprint density at radius 2 is 0.811 bits per heavy atom. The summed E-state index contributed by atoms with van der Waals surface area (Å²) < 4.78 is 20.6. The van der Waals surface area contributed by atoms with Crippen LogP contribution in [0.2, 0.25) is 0 Å². The van der Waals surface area contributed by atoms with Crippen molar-refractivity contribution in [1.82, 2.24) is 0 Å². The molecule has 3 aliphatic carbocycles. The van der Waals surface area contributed by atoms with Crippen LogP contribution in [-0.4, -0.2) is 0 Å². The molecule has 0 spiro atoms. The lowest BCUT2D eigenvalue weighted by Crippen LogP contribution is -2.24. The molecule has 74 heavy (non-hydrogen) atoms. The highest BCUT2D eigenvalue weighted by Crippen LogP contribution is 2.64. The van der Waals surface area contributed by atoms with Crippen molar-refractivity contribution in [3.05, 3.63) is 221 Å². The number of fused-ring (bicyclic) bond motifs is 22. The average molecular weight is 954 g/mol. The Labute approximate surface area is 429 Å². The van der Waals surface area contributed by atoms with Gasteiger partial charge in [0.05, 0.1) is 0 Å². The first-order chi connectivity index (χ1) is 35.9. The van der Waals surface area contributed by atoms with Gasteiger partial charge in [0.25, 0.3) is 0 Å². The second-order valence-electron chi connectivity index (χ2n) is 22.8. The van der Waals surface area contributed by atoms with E-state index in [1.54, 1.807) is 0 Å². The van der Waals surface area contributed by atoms with Crippen LogP contribution >= 0.6 is 0 Å². The number of benzene rings is 10. The molecule has 3 aliphatic rings. The van der Waals surface area contributed by atoms with E-state index in [0.29, 0.717) is 0 Å². The van der Waals surface area contributed by atoms with E-state index >= 15 is 0 Å². The molecule has 0 saturated carbocycles. The Bertz CT molecular complexity index is 4660. The fourth-order valence-electron chi connectivity index (χ4n) is 14.3. The molecule has 354 valence electrons.